The third kappa shape index (κ3) is 4.09. The predicted molar refractivity (Wildman–Crippen MR) is 94.8 cm³/mol. The number of hydrogen-bond donors (Lipinski definition) is 1. The Bertz CT molecular complexity index is 820. The molecule has 1 heterocycles. The van der Waals surface area contributed by atoms with Crippen molar-refractivity contribution in [1.82, 2.24) is 9.97 Å². The zero-order chi connectivity index (χ0) is 17.6. The van der Waals surface area contributed by atoms with Crippen LogP contribution in [-0.4, -0.2) is 16.5 Å². The van der Waals surface area contributed by atoms with Crippen LogP contribution >= 0.6 is 0 Å². The average molecular weight is 340 g/mol. The molecule has 0 atom stereocenters. The summed E-state index contributed by atoms with van der Waals surface area (Å²) in [6.45, 7) is 3.44. The number of halogens is 2. The second kappa shape index (κ2) is 7.70. The lowest BCUT2D eigenvalue weighted by Crippen LogP contribution is -2.23. The minimum atomic E-state index is -0.670. The molecule has 0 saturated heterocycles. The van der Waals surface area contributed by atoms with E-state index in [4.69, 9.17) is 0 Å². The Morgan fingerprint density at radius 1 is 0.960 bits per heavy atom. The van der Waals surface area contributed by atoms with Gasteiger partial charge in [-0.1, -0.05) is 36.4 Å². The summed E-state index contributed by atoms with van der Waals surface area (Å²) in [7, 11) is 0. The number of anilines is 3. The summed E-state index contributed by atoms with van der Waals surface area (Å²) >= 11 is 0. The van der Waals surface area contributed by atoms with E-state index in [-0.39, 0.29) is 5.69 Å². The Hall–Kier alpha value is -3.02. The molecule has 2 aromatic carbocycles. The van der Waals surface area contributed by atoms with E-state index in [1.165, 1.54) is 24.5 Å². The van der Waals surface area contributed by atoms with Crippen LogP contribution in [0.2, 0.25) is 0 Å². The molecule has 0 amide bonds. The number of rotatable bonds is 6. The van der Waals surface area contributed by atoms with Crippen LogP contribution in [0.4, 0.5) is 26.1 Å². The van der Waals surface area contributed by atoms with E-state index >= 15 is 0 Å². The molecular weight excluding hydrogens is 322 g/mol. The second-order valence-electron chi connectivity index (χ2n) is 5.48. The number of hydrogen-bond acceptors (Lipinski definition) is 4. The Balaban J connectivity index is 1.83. The third-order valence-corrected chi connectivity index (χ3v) is 3.79. The molecule has 3 aromatic rings. The highest BCUT2D eigenvalue weighted by Crippen LogP contribution is 2.24. The van der Waals surface area contributed by atoms with Gasteiger partial charge in [0.15, 0.2) is 0 Å². The van der Waals surface area contributed by atoms with Gasteiger partial charge in [-0.3, -0.25) is 0 Å². The lowest BCUT2D eigenvalue weighted by Gasteiger charge is -2.22. The summed E-state index contributed by atoms with van der Waals surface area (Å²) in [6.07, 6.45) is 1.38. The van der Waals surface area contributed by atoms with Crippen molar-refractivity contribution in [3.05, 3.63) is 78.1 Å². The highest BCUT2D eigenvalue weighted by atomic mass is 19.1. The first-order chi connectivity index (χ1) is 12.2. The summed E-state index contributed by atoms with van der Waals surface area (Å²) in [4.78, 5) is 10.4. The molecule has 3 rings (SSSR count). The second-order valence-corrected chi connectivity index (χ2v) is 5.48. The van der Waals surface area contributed by atoms with E-state index in [1.54, 1.807) is 6.07 Å². The van der Waals surface area contributed by atoms with Crippen LogP contribution in [0.5, 0.6) is 0 Å². The molecule has 25 heavy (non-hydrogen) atoms. The quantitative estimate of drug-likeness (QED) is 0.716. The van der Waals surface area contributed by atoms with Gasteiger partial charge in [0, 0.05) is 19.2 Å². The molecular formula is C19H18F2N4. The van der Waals surface area contributed by atoms with Crippen LogP contribution in [0.25, 0.3) is 0 Å². The monoisotopic (exact) mass is 340 g/mol. The SMILES string of the molecule is CCN(Cc1ccccc1)c1cc(Nc2c(F)cccc2F)ncn1. The first kappa shape index (κ1) is 16.8. The molecule has 0 aliphatic carbocycles. The minimum absolute atomic E-state index is 0.224. The van der Waals surface area contributed by atoms with Gasteiger partial charge >= 0.3 is 0 Å². The topological polar surface area (TPSA) is 41.0 Å². The molecule has 1 N–H and O–H groups in total. The maximum absolute atomic E-state index is 13.8. The molecule has 128 valence electrons. The molecule has 0 aliphatic heterocycles. The fraction of sp³-hybridized carbons (Fsp3) is 0.158. The van der Waals surface area contributed by atoms with Crippen molar-refractivity contribution >= 4 is 17.3 Å². The largest absolute Gasteiger partial charge is 0.352 e. The van der Waals surface area contributed by atoms with Crippen LogP contribution in [-0.2, 0) is 6.54 Å². The fourth-order valence-electron chi connectivity index (χ4n) is 2.49. The molecule has 0 unspecified atom stereocenters. The lowest BCUT2D eigenvalue weighted by atomic mass is 10.2. The molecule has 0 spiro atoms. The van der Waals surface area contributed by atoms with Crippen LogP contribution in [0.3, 0.4) is 0 Å². The molecule has 0 aliphatic rings. The highest BCUT2D eigenvalue weighted by Gasteiger charge is 2.12. The molecule has 6 heteroatoms. The van der Waals surface area contributed by atoms with Gasteiger partial charge in [-0.2, -0.15) is 0 Å². The Morgan fingerprint density at radius 3 is 2.36 bits per heavy atom. The van der Waals surface area contributed by atoms with Crippen molar-refractivity contribution in [3.8, 4) is 0 Å². The molecule has 1 aromatic heterocycles. The van der Waals surface area contributed by atoms with E-state index in [9.17, 15) is 8.78 Å². The summed E-state index contributed by atoms with van der Waals surface area (Å²) in [5, 5.41) is 2.70. The summed E-state index contributed by atoms with van der Waals surface area (Å²) in [6, 6.07) is 15.4. The maximum Gasteiger partial charge on any atom is 0.149 e. The van der Waals surface area contributed by atoms with Gasteiger partial charge in [0.1, 0.15) is 35.3 Å². The summed E-state index contributed by atoms with van der Waals surface area (Å²) < 4.78 is 27.6. The Morgan fingerprint density at radius 2 is 1.68 bits per heavy atom. The van der Waals surface area contributed by atoms with Crippen molar-refractivity contribution in [1.29, 1.82) is 0 Å². The number of nitrogens with zero attached hydrogens (tertiary/aromatic N) is 3. The third-order valence-electron chi connectivity index (χ3n) is 3.79. The summed E-state index contributed by atoms with van der Waals surface area (Å²) in [5.74, 6) is -0.324. The van der Waals surface area contributed by atoms with E-state index in [0.29, 0.717) is 18.2 Å². The highest BCUT2D eigenvalue weighted by molar-refractivity contribution is 5.60. The fourth-order valence-corrected chi connectivity index (χ4v) is 2.49. The molecule has 0 fully saturated rings. The van der Waals surface area contributed by atoms with Crippen molar-refractivity contribution in [2.24, 2.45) is 0 Å². The molecule has 4 nitrogen and oxygen atoms in total. The van der Waals surface area contributed by atoms with E-state index in [0.717, 1.165) is 12.1 Å². The smallest absolute Gasteiger partial charge is 0.149 e. The van der Waals surface area contributed by atoms with Gasteiger partial charge in [0.25, 0.3) is 0 Å². The number of benzene rings is 2. The van der Waals surface area contributed by atoms with E-state index < -0.39 is 11.6 Å². The average Bonchev–Trinajstić information content (AvgIpc) is 2.64. The van der Waals surface area contributed by atoms with Gasteiger partial charge in [0.2, 0.25) is 0 Å². The number of nitrogens with one attached hydrogen (secondary N) is 1. The van der Waals surface area contributed by atoms with Crippen LogP contribution in [0.1, 0.15) is 12.5 Å². The predicted octanol–water partition coefficient (Wildman–Crippen LogP) is 4.52. The van der Waals surface area contributed by atoms with Crippen molar-refractivity contribution in [2.75, 3.05) is 16.8 Å². The lowest BCUT2D eigenvalue weighted by molar-refractivity contribution is 0.590. The maximum atomic E-state index is 13.8. The first-order valence-electron chi connectivity index (χ1n) is 7.99. The minimum Gasteiger partial charge on any atom is -0.352 e. The molecule has 0 radical (unpaired) electrons. The zero-order valence-corrected chi connectivity index (χ0v) is 13.8. The Labute approximate surface area is 145 Å². The summed E-state index contributed by atoms with van der Waals surface area (Å²) in [5.41, 5.74) is 0.927. The molecule has 0 bridgehead atoms. The van der Waals surface area contributed by atoms with Gasteiger partial charge in [0.05, 0.1) is 0 Å². The van der Waals surface area contributed by atoms with Crippen molar-refractivity contribution in [2.45, 2.75) is 13.5 Å². The number of para-hydroxylation sites is 1. The number of aromatic nitrogens is 2. The Kier molecular flexibility index (Phi) is 5.18. The van der Waals surface area contributed by atoms with Crippen molar-refractivity contribution in [3.63, 3.8) is 0 Å². The molecule has 0 saturated carbocycles. The van der Waals surface area contributed by atoms with Gasteiger partial charge in [-0.25, -0.2) is 18.7 Å². The van der Waals surface area contributed by atoms with Gasteiger partial charge in [-0.15, -0.1) is 0 Å². The van der Waals surface area contributed by atoms with Crippen LogP contribution in [0.15, 0.2) is 60.9 Å². The zero-order valence-electron chi connectivity index (χ0n) is 13.8. The first-order valence-corrected chi connectivity index (χ1v) is 7.99. The van der Waals surface area contributed by atoms with Crippen LogP contribution < -0.4 is 10.2 Å². The van der Waals surface area contributed by atoms with E-state index in [1.807, 2.05) is 37.3 Å². The van der Waals surface area contributed by atoms with Crippen molar-refractivity contribution < 1.29 is 8.78 Å². The van der Waals surface area contributed by atoms with Gasteiger partial charge < -0.3 is 10.2 Å². The standard InChI is InChI=1S/C19H18F2N4/c1-2-25(12-14-7-4-3-5-8-14)18-11-17(22-13-23-18)24-19-15(20)9-6-10-16(19)21/h3-11,13H,2,12H2,1H3,(H,22,23,24). The van der Waals surface area contributed by atoms with Gasteiger partial charge in [-0.05, 0) is 24.6 Å². The normalized spacial score (nSPS) is 10.5. The van der Waals surface area contributed by atoms with Crippen LogP contribution in [0, 0.1) is 11.6 Å². The van der Waals surface area contributed by atoms with E-state index in [2.05, 4.69) is 20.2 Å².